The molecule has 0 amide bonds. The molecular formula is C17H18FN5O. The Morgan fingerprint density at radius 3 is 2.92 bits per heavy atom. The predicted molar refractivity (Wildman–Crippen MR) is 88.3 cm³/mol. The summed E-state index contributed by atoms with van der Waals surface area (Å²) in [5.41, 5.74) is 0.973. The second-order valence-electron chi connectivity index (χ2n) is 5.88. The van der Waals surface area contributed by atoms with Crippen molar-refractivity contribution in [2.24, 2.45) is 0 Å². The zero-order valence-electron chi connectivity index (χ0n) is 13.2. The lowest BCUT2D eigenvalue weighted by Gasteiger charge is -2.16. The minimum absolute atomic E-state index is 0.325. The Labute approximate surface area is 138 Å². The van der Waals surface area contributed by atoms with E-state index in [-0.39, 0.29) is 5.82 Å². The minimum atomic E-state index is -0.340. The number of hydrogen-bond donors (Lipinski definition) is 1. The number of ether oxygens (including phenoxy) is 1. The molecule has 1 aliphatic rings. The topological polar surface area (TPSA) is 64.3 Å². The van der Waals surface area contributed by atoms with E-state index < -0.39 is 0 Å². The highest BCUT2D eigenvalue weighted by atomic mass is 19.1. The van der Waals surface area contributed by atoms with Crippen LogP contribution in [0.4, 0.5) is 10.2 Å². The third kappa shape index (κ3) is 2.94. The van der Waals surface area contributed by atoms with Crippen LogP contribution in [0.5, 0.6) is 0 Å². The number of nitrogens with one attached hydrogen (secondary N) is 1. The summed E-state index contributed by atoms with van der Waals surface area (Å²) in [5, 5.41) is 16.2. The summed E-state index contributed by atoms with van der Waals surface area (Å²) in [7, 11) is 0. The summed E-state index contributed by atoms with van der Waals surface area (Å²) >= 11 is 0. The maximum absolute atomic E-state index is 14.1. The van der Waals surface area contributed by atoms with Gasteiger partial charge in [0.25, 0.3) is 0 Å². The summed E-state index contributed by atoms with van der Waals surface area (Å²) in [5.74, 6) is 0.788. The highest BCUT2D eigenvalue weighted by Gasteiger charge is 2.16. The quantitative estimate of drug-likeness (QED) is 0.801. The summed E-state index contributed by atoms with van der Waals surface area (Å²) in [6, 6.07) is 10.5. The van der Waals surface area contributed by atoms with E-state index in [1.807, 2.05) is 12.1 Å². The molecule has 2 aromatic heterocycles. The van der Waals surface area contributed by atoms with E-state index in [2.05, 4.69) is 20.6 Å². The van der Waals surface area contributed by atoms with Crippen LogP contribution in [0.15, 0.2) is 36.4 Å². The van der Waals surface area contributed by atoms with Crippen LogP contribution >= 0.6 is 0 Å². The lowest BCUT2D eigenvalue weighted by Crippen LogP contribution is -2.20. The molecule has 3 aromatic rings. The van der Waals surface area contributed by atoms with E-state index in [9.17, 15) is 4.39 Å². The van der Waals surface area contributed by atoms with Crippen LogP contribution < -0.4 is 5.32 Å². The van der Waals surface area contributed by atoms with Crippen LogP contribution in [0.3, 0.4) is 0 Å². The molecule has 6 nitrogen and oxygen atoms in total. The van der Waals surface area contributed by atoms with Crippen molar-refractivity contribution in [1.82, 2.24) is 19.8 Å². The van der Waals surface area contributed by atoms with Crippen molar-refractivity contribution in [2.75, 3.05) is 18.5 Å². The van der Waals surface area contributed by atoms with Crippen LogP contribution in [0.1, 0.15) is 19.3 Å². The first-order chi connectivity index (χ1) is 11.8. The monoisotopic (exact) mass is 327 g/mol. The van der Waals surface area contributed by atoms with Crippen LogP contribution in [-0.4, -0.2) is 39.1 Å². The van der Waals surface area contributed by atoms with Crippen molar-refractivity contribution in [3.63, 3.8) is 0 Å². The minimum Gasteiger partial charge on any atom is -0.381 e. The fraction of sp³-hybridized carbons (Fsp3) is 0.353. The lowest BCUT2D eigenvalue weighted by atomic mass is 10.1. The molecule has 0 spiro atoms. The molecule has 1 aliphatic heterocycles. The molecule has 1 atom stereocenters. The van der Waals surface area contributed by atoms with Crippen molar-refractivity contribution in [3.8, 4) is 11.4 Å². The third-order valence-corrected chi connectivity index (χ3v) is 4.18. The van der Waals surface area contributed by atoms with E-state index in [0.717, 1.165) is 38.3 Å². The Morgan fingerprint density at radius 2 is 2.00 bits per heavy atom. The second kappa shape index (κ2) is 6.52. The molecule has 0 radical (unpaired) electrons. The van der Waals surface area contributed by atoms with Gasteiger partial charge < -0.3 is 10.1 Å². The van der Waals surface area contributed by atoms with Gasteiger partial charge in [0.15, 0.2) is 11.5 Å². The van der Waals surface area contributed by atoms with Gasteiger partial charge >= 0.3 is 0 Å². The number of rotatable bonds is 3. The Morgan fingerprint density at radius 1 is 1.08 bits per heavy atom. The largest absolute Gasteiger partial charge is 0.381 e. The van der Waals surface area contributed by atoms with Gasteiger partial charge in [-0.2, -0.15) is 4.52 Å². The van der Waals surface area contributed by atoms with E-state index in [1.165, 1.54) is 6.07 Å². The first-order valence-electron chi connectivity index (χ1n) is 8.13. The van der Waals surface area contributed by atoms with Gasteiger partial charge in [-0.3, -0.25) is 0 Å². The zero-order chi connectivity index (χ0) is 16.4. The molecule has 7 heteroatoms. The molecule has 0 bridgehead atoms. The Balaban J connectivity index is 1.67. The number of benzene rings is 1. The SMILES string of the molecule is Fc1ccccc1-c1nnc2ccc(NC3CCCOCC3)nn12. The number of halogens is 1. The van der Waals surface area contributed by atoms with E-state index in [0.29, 0.717) is 23.1 Å². The van der Waals surface area contributed by atoms with Gasteiger partial charge in [0.2, 0.25) is 0 Å². The number of aromatic nitrogens is 4. The van der Waals surface area contributed by atoms with Gasteiger partial charge in [0.05, 0.1) is 5.56 Å². The van der Waals surface area contributed by atoms with Crippen LogP contribution in [0, 0.1) is 5.82 Å². The fourth-order valence-electron chi connectivity index (χ4n) is 2.93. The van der Waals surface area contributed by atoms with E-state index in [4.69, 9.17) is 4.74 Å². The molecule has 124 valence electrons. The normalized spacial score (nSPS) is 18.5. The highest BCUT2D eigenvalue weighted by molar-refractivity contribution is 5.60. The third-order valence-electron chi connectivity index (χ3n) is 4.18. The lowest BCUT2D eigenvalue weighted by molar-refractivity contribution is 0.144. The number of nitrogens with zero attached hydrogens (tertiary/aromatic N) is 4. The van der Waals surface area contributed by atoms with Crippen molar-refractivity contribution in [2.45, 2.75) is 25.3 Å². The van der Waals surface area contributed by atoms with Gasteiger partial charge in [-0.15, -0.1) is 15.3 Å². The molecule has 0 saturated carbocycles. The van der Waals surface area contributed by atoms with Crippen molar-refractivity contribution >= 4 is 11.5 Å². The summed E-state index contributed by atoms with van der Waals surface area (Å²) < 4.78 is 21.1. The fourth-order valence-corrected chi connectivity index (χ4v) is 2.93. The van der Waals surface area contributed by atoms with Crippen molar-refractivity contribution in [1.29, 1.82) is 0 Å². The van der Waals surface area contributed by atoms with Crippen molar-refractivity contribution in [3.05, 3.63) is 42.2 Å². The molecule has 0 aliphatic carbocycles. The van der Waals surface area contributed by atoms with Crippen LogP contribution in [0.2, 0.25) is 0 Å². The van der Waals surface area contributed by atoms with Gasteiger partial charge in [-0.25, -0.2) is 4.39 Å². The molecule has 1 saturated heterocycles. The maximum Gasteiger partial charge on any atom is 0.188 e. The van der Waals surface area contributed by atoms with Gasteiger partial charge in [0, 0.05) is 19.3 Å². The molecule has 1 fully saturated rings. The number of anilines is 1. The highest BCUT2D eigenvalue weighted by Crippen LogP contribution is 2.22. The van der Waals surface area contributed by atoms with Crippen molar-refractivity contribution < 1.29 is 9.13 Å². The Bertz CT molecular complexity index is 842. The Kier molecular flexibility index (Phi) is 4.08. The maximum atomic E-state index is 14.1. The second-order valence-corrected chi connectivity index (χ2v) is 5.88. The predicted octanol–water partition coefficient (Wildman–Crippen LogP) is 2.91. The molecule has 1 N–H and O–H groups in total. The average molecular weight is 327 g/mol. The van der Waals surface area contributed by atoms with Gasteiger partial charge in [-0.1, -0.05) is 12.1 Å². The molecule has 3 heterocycles. The first-order valence-corrected chi connectivity index (χ1v) is 8.13. The summed E-state index contributed by atoms with van der Waals surface area (Å²) in [6.45, 7) is 1.57. The van der Waals surface area contributed by atoms with Gasteiger partial charge in [0.1, 0.15) is 11.6 Å². The molecular weight excluding hydrogens is 309 g/mol. The van der Waals surface area contributed by atoms with E-state index in [1.54, 1.807) is 22.7 Å². The number of fused-ring (bicyclic) bond motifs is 1. The van der Waals surface area contributed by atoms with Crippen LogP contribution in [0.25, 0.3) is 17.0 Å². The number of hydrogen-bond acceptors (Lipinski definition) is 5. The smallest absolute Gasteiger partial charge is 0.188 e. The first kappa shape index (κ1) is 15.0. The molecule has 1 unspecified atom stereocenters. The summed E-state index contributed by atoms with van der Waals surface area (Å²) in [4.78, 5) is 0. The average Bonchev–Trinajstić information content (AvgIpc) is 2.83. The molecule has 4 rings (SSSR count). The molecule has 1 aromatic carbocycles. The zero-order valence-corrected chi connectivity index (χ0v) is 13.2. The van der Waals surface area contributed by atoms with Gasteiger partial charge in [-0.05, 0) is 43.5 Å². The Hall–Kier alpha value is -2.54. The van der Waals surface area contributed by atoms with Crippen LogP contribution in [-0.2, 0) is 4.74 Å². The molecule has 24 heavy (non-hydrogen) atoms. The standard InChI is InChI=1S/C17H18FN5O/c18-14-6-2-1-5-13(14)17-21-20-16-8-7-15(22-23(16)17)19-12-4-3-10-24-11-9-12/h1-2,5-8,12H,3-4,9-11H2,(H,19,22). The van der Waals surface area contributed by atoms with E-state index >= 15 is 0 Å². The summed E-state index contributed by atoms with van der Waals surface area (Å²) in [6.07, 6.45) is 3.02.